The highest BCUT2D eigenvalue weighted by molar-refractivity contribution is 7.92. The van der Waals surface area contributed by atoms with Crippen molar-refractivity contribution < 1.29 is 17.6 Å². The van der Waals surface area contributed by atoms with Gasteiger partial charge in [0, 0.05) is 30.8 Å². The number of halogens is 1. The number of para-hydroxylation sites is 1. The summed E-state index contributed by atoms with van der Waals surface area (Å²) in [5.41, 5.74) is 1.39. The molecule has 0 atom stereocenters. The third-order valence-electron chi connectivity index (χ3n) is 5.43. The molecule has 0 saturated heterocycles. The van der Waals surface area contributed by atoms with E-state index in [0.717, 1.165) is 12.8 Å². The van der Waals surface area contributed by atoms with Gasteiger partial charge >= 0.3 is 0 Å². The topological polar surface area (TPSA) is 57.7 Å². The molecule has 3 aromatic rings. The van der Waals surface area contributed by atoms with Crippen LogP contribution >= 0.6 is 0 Å². The Balaban J connectivity index is 1.55. The average molecular weight is 439 g/mol. The second-order valence-electron chi connectivity index (χ2n) is 7.59. The van der Waals surface area contributed by atoms with Gasteiger partial charge in [-0.25, -0.2) is 12.8 Å². The molecule has 1 saturated carbocycles. The van der Waals surface area contributed by atoms with E-state index in [-0.39, 0.29) is 29.2 Å². The maximum Gasteiger partial charge on any atom is 0.264 e. The van der Waals surface area contributed by atoms with E-state index in [2.05, 4.69) is 0 Å². The Morgan fingerprint density at radius 1 is 0.935 bits per heavy atom. The molecular formula is C24H23FN2O3S. The van der Waals surface area contributed by atoms with Crippen molar-refractivity contribution in [2.24, 2.45) is 0 Å². The molecule has 3 aromatic carbocycles. The van der Waals surface area contributed by atoms with E-state index < -0.39 is 10.0 Å². The highest BCUT2D eigenvalue weighted by Crippen LogP contribution is 2.31. The van der Waals surface area contributed by atoms with Gasteiger partial charge in [-0.1, -0.05) is 36.4 Å². The molecule has 0 radical (unpaired) electrons. The SMILES string of the molecule is CN(c1ccccc1)S(=O)(=O)c1ccc(C(=O)N(Cc2ccccc2F)C2CC2)cc1. The van der Waals surface area contributed by atoms with Crippen LogP contribution in [0, 0.1) is 5.82 Å². The van der Waals surface area contributed by atoms with Crippen molar-refractivity contribution in [3.8, 4) is 0 Å². The number of amides is 1. The summed E-state index contributed by atoms with van der Waals surface area (Å²) < 4.78 is 41.2. The maximum absolute atomic E-state index is 14.1. The first-order chi connectivity index (χ1) is 14.9. The Labute approximate surface area is 181 Å². The van der Waals surface area contributed by atoms with Crippen LogP contribution in [0.3, 0.4) is 0 Å². The molecule has 0 heterocycles. The first-order valence-electron chi connectivity index (χ1n) is 10.1. The quantitative estimate of drug-likeness (QED) is 0.547. The fourth-order valence-electron chi connectivity index (χ4n) is 3.43. The van der Waals surface area contributed by atoms with Crippen molar-refractivity contribution in [1.82, 2.24) is 4.90 Å². The summed E-state index contributed by atoms with van der Waals surface area (Å²) in [7, 11) is -2.26. The molecule has 1 aliphatic carbocycles. The van der Waals surface area contributed by atoms with E-state index in [0.29, 0.717) is 16.8 Å². The van der Waals surface area contributed by atoms with Crippen molar-refractivity contribution >= 4 is 21.6 Å². The Bertz CT molecular complexity index is 1180. The van der Waals surface area contributed by atoms with E-state index in [1.54, 1.807) is 47.4 Å². The van der Waals surface area contributed by atoms with E-state index in [1.165, 1.54) is 41.7 Å². The molecule has 0 spiro atoms. The Hall–Kier alpha value is -3.19. The summed E-state index contributed by atoms with van der Waals surface area (Å²) in [6.45, 7) is 0.187. The zero-order chi connectivity index (χ0) is 22.0. The fraction of sp³-hybridized carbons (Fsp3) is 0.208. The number of sulfonamides is 1. The first kappa shape index (κ1) is 21.1. The third kappa shape index (κ3) is 4.46. The second kappa shape index (κ2) is 8.51. The number of carbonyl (C=O) groups excluding carboxylic acids is 1. The molecular weight excluding hydrogens is 415 g/mol. The molecule has 1 amide bonds. The summed E-state index contributed by atoms with van der Waals surface area (Å²) in [6.07, 6.45) is 1.77. The van der Waals surface area contributed by atoms with Gasteiger partial charge in [-0.05, 0) is 55.3 Å². The van der Waals surface area contributed by atoms with Crippen LogP contribution in [0.4, 0.5) is 10.1 Å². The smallest absolute Gasteiger partial charge is 0.264 e. The number of hydrogen-bond donors (Lipinski definition) is 0. The number of nitrogens with zero attached hydrogens (tertiary/aromatic N) is 2. The van der Waals surface area contributed by atoms with E-state index >= 15 is 0 Å². The van der Waals surface area contributed by atoms with Crippen LogP contribution in [0.25, 0.3) is 0 Å². The monoisotopic (exact) mass is 438 g/mol. The van der Waals surface area contributed by atoms with Crippen molar-refractivity contribution in [1.29, 1.82) is 0 Å². The standard InChI is InChI=1S/C24H23FN2O3S/c1-26(20-8-3-2-4-9-20)31(29,30)22-15-11-18(12-16-22)24(28)27(21-13-14-21)17-19-7-5-6-10-23(19)25/h2-12,15-16,21H,13-14,17H2,1H3. The van der Waals surface area contributed by atoms with Gasteiger partial charge in [0.05, 0.1) is 10.6 Å². The number of rotatable bonds is 7. The van der Waals surface area contributed by atoms with Crippen molar-refractivity contribution in [2.45, 2.75) is 30.3 Å². The van der Waals surface area contributed by atoms with Crippen LogP contribution in [0.1, 0.15) is 28.8 Å². The highest BCUT2D eigenvalue weighted by Gasteiger charge is 2.33. The number of anilines is 1. The van der Waals surface area contributed by atoms with Crippen LogP contribution in [0.5, 0.6) is 0 Å². The average Bonchev–Trinajstić information content (AvgIpc) is 3.63. The van der Waals surface area contributed by atoms with Crippen molar-refractivity contribution in [3.63, 3.8) is 0 Å². The minimum Gasteiger partial charge on any atom is -0.331 e. The minimum absolute atomic E-state index is 0.0831. The van der Waals surface area contributed by atoms with Gasteiger partial charge in [0.1, 0.15) is 5.82 Å². The van der Waals surface area contributed by atoms with Gasteiger partial charge in [-0.15, -0.1) is 0 Å². The molecule has 0 bridgehead atoms. The van der Waals surface area contributed by atoms with Crippen LogP contribution in [0.2, 0.25) is 0 Å². The lowest BCUT2D eigenvalue weighted by Gasteiger charge is -2.23. The fourth-order valence-corrected chi connectivity index (χ4v) is 4.63. The second-order valence-corrected chi connectivity index (χ2v) is 9.56. The summed E-state index contributed by atoms with van der Waals surface area (Å²) >= 11 is 0. The minimum atomic E-state index is -3.75. The van der Waals surface area contributed by atoms with E-state index in [1.807, 2.05) is 6.07 Å². The van der Waals surface area contributed by atoms with Gasteiger partial charge in [0.25, 0.3) is 15.9 Å². The van der Waals surface area contributed by atoms with Crippen LogP contribution in [0.15, 0.2) is 83.8 Å². The predicted octanol–water partition coefficient (Wildman–Crippen LogP) is 4.46. The highest BCUT2D eigenvalue weighted by atomic mass is 32.2. The van der Waals surface area contributed by atoms with Gasteiger partial charge in [0.15, 0.2) is 0 Å². The summed E-state index contributed by atoms with van der Waals surface area (Å²) in [6, 6.07) is 21.2. The zero-order valence-electron chi connectivity index (χ0n) is 17.1. The third-order valence-corrected chi connectivity index (χ3v) is 7.23. The Morgan fingerprint density at radius 2 is 1.55 bits per heavy atom. The number of benzene rings is 3. The van der Waals surface area contributed by atoms with Gasteiger partial charge < -0.3 is 4.90 Å². The predicted molar refractivity (Wildman–Crippen MR) is 118 cm³/mol. The normalized spacial score (nSPS) is 13.6. The lowest BCUT2D eigenvalue weighted by atomic mass is 10.1. The van der Waals surface area contributed by atoms with Gasteiger partial charge in [0.2, 0.25) is 0 Å². The molecule has 1 fully saturated rings. The summed E-state index contributed by atoms with van der Waals surface area (Å²) in [5.74, 6) is -0.572. The van der Waals surface area contributed by atoms with E-state index in [4.69, 9.17) is 0 Å². The molecule has 160 valence electrons. The summed E-state index contributed by atoms with van der Waals surface area (Å²) in [5, 5.41) is 0. The Morgan fingerprint density at radius 3 is 2.16 bits per heavy atom. The molecule has 7 heteroatoms. The molecule has 0 aliphatic heterocycles. The molecule has 0 aromatic heterocycles. The van der Waals surface area contributed by atoms with Crippen molar-refractivity contribution in [2.75, 3.05) is 11.4 Å². The van der Waals surface area contributed by atoms with Gasteiger partial charge in [-0.3, -0.25) is 9.10 Å². The molecule has 5 nitrogen and oxygen atoms in total. The number of hydrogen-bond acceptors (Lipinski definition) is 3. The lowest BCUT2D eigenvalue weighted by molar-refractivity contribution is 0.0728. The van der Waals surface area contributed by atoms with Crippen LogP contribution < -0.4 is 4.31 Å². The van der Waals surface area contributed by atoms with Gasteiger partial charge in [-0.2, -0.15) is 0 Å². The van der Waals surface area contributed by atoms with E-state index in [9.17, 15) is 17.6 Å². The zero-order valence-corrected chi connectivity index (χ0v) is 17.9. The molecule has 0 unspecified atom stereocenters. The lowest BCUT2D eigenvalue weighted by Crippen LogP contribution is -2.33. The van der Waals surface area contributed by atoms with Crippen LogP contribution in [-0.4, -0.2) is 32.3 Å². The van der Waals surface area contributed by atoms with Crippen LogP contribution in [-0.2, 0) is 16.6 Å². The Kier molecular flexibility index (Phi) is 5.78. The molecule has 31 heavy (non-hydrogen) atoms. The maximum atomic E-state index is 14.1. The first-order valence-corrected chi connectivity index (χ1v) is 11.5. The molecule has 1 aliphatic rings. The van der Waals surface area contributed by atoms with Crippen molar-refractivity contribution in [3.05, 3.63) is 95.8 Å². The molecule has 4 rings (SSSR count). The molecule has 0 N–H and O–H groups in total. The number of carbonyl (C=O) groups is 1. The summed E-state index contributed by atoms with van der Waals surface area (Å²) in [4.78, 5) is 14.9. The largest absolute Gasteiger partial charge is 0.331 e.